The van der Waals surface area contributed by atoms with E-state index in [0.29, 0.717) is 54.3 Å². The van der Waals surface area contributed by atoms with Gasteiger partial charge in [0.25, 0.3) is 11.5 Å². The van der Waals surface area contributed by atoms with Crippen LogP contribution in [0.5, 0.6) is 0 Å². The Bertz CT molecular complexity index is 1550. The maximum Gasteiger partial charge on any atom is 0.323 e. The summed E-state index contributed by atoms with van der Waals surface area (Å²) in [7, 11) is 0. The van der Waals surface area contributed by atoms with E-state index in [-0.39, 0.29) is 24.0 Å². The van der Waals surface area contributed by atoms with Crippen molar-refractivity contribution in [2.75, 3.05) is 30.3 Å². The molecule has 0 bridgehead atoms. The number of aromatic amines is 1. The molecule has 1 fully saturated rings. The number of aryl methyl sites for hydroxylation is 1. The van der Waals surface area contributed by atoms with Gasteiger partial charge in [-0.3, -0.25) is 14.5 Å². The molecule has 10 heteroatoms. The number of ether oxygens (including phenoxy) is 1. The van der Waals surface area contributed by atoms with Crippen molar-refractivity contribution in [2.45, 2.75) is 26.1 Å². The Morgan fingerprint density at radius 3 is 2.62 bits per heavy atom. The fourth-order valence-electron chi connectivity index (χ4n) is 4.50. The van der Waals surface area contributed by atoms with Crippen LogP contribution in [-0.4, -0.2) is 52.6 Å². The van der Waals surface area contributed by atoms with Crippen molar-refractivity contribution in [2.24, 2.45) is 0 Å². The molecular weight excluding hydrogens is 496 g/mol. The highest BCUT2D eigenvalue weighted by atomic mass is 16.5. The van der Waals surface area contributed by atoms with Gasteiger partial charge in [-0.2, -0.15) is 0 Å². The summed E-state index contributed by atoms with van der Waals surface area (Å²) in [5.41, 5.74) is 3.67. The van der Waals surface area contributed by atoms with Crippen LogP contribution in [0, 0.1) is 6.92 Å². The minimum Gasteiger partial charge on any atom is -0.366 e. The molecule has 0 spiro atoms. The number of nitrogens with zero attached hydrogens (tertiary/aromatic N) is 2. The second kappa shape index (κ2) is 11.9. The molecule has 4 N–H and O–H groups in total. The van der Waals surface area contributed by atoms with Gasteiger partial charge < -0.3 is 25.7 Å². The van der Waals surface area contributed by atoms with Gasteiger partial charge in [0.15, 0.2) is 0 Å². The van der Waals surface area contributed by atoms with Crippen LogP contribution < -0.4 is 21.5 Å². The number of nitrogens with one attached hydrogen (secondary N) is 4. The number of hydrogen-bond acceptors (Lipinski definition) is 6. The molecule has 3 aromatic carbocycles. The van der Waals surface area contributed by atoms with E-state index in [2.05, 4.69) is 25.9 Å². The molecule has 1 aliphatic heterocycles. The molecule has 0 radical (unpaired) electrons. The summed E-state index contributed by atoms with van der Waals surface area (Å²) in [6, 6.07) is 21.7. The van der Waals surface area contributed by atoms with Crippen molar-refractivity contribution in [3.63, 3.8) is 0 Å². The number of H-pyrrole nitrogens is 1. The first-order valence-corrected chi connectivity index (χ1v) is 12.8. The summed E-state index contributed by atoms with van der Waals surface area (Å²) < 4.78 is 5.72. The number of para-hydroxylation sites is 1. The number of rotatable bonds is 7. The fraction of sp³-hybridized carbons (Fsp3) is 0.241. The fourth-order valence-corrected chi connectivity index (χ4v) is 4.50. The van der Waals surface area contributed by atoms with Crippen molar-refractivity contribution < 1.29 is 14.3 Å². The predicted octanol–water partition coefficient (Wildman–Crippen LogP) is 3.39. The van der Waals surface area contributed by atoms with Gasteiger partial charge in [-0.05, 0) is 54.4 Å². The Labute approximate surface area is 225 Å². The molecular formula is C29H30N6O4. The highest BCUT2D eigenvalue weighted by Crippen LogP contribution is 2.15. The number of hydrogen-bond donors (Lipinski definition) is 4. The largest absolute Gasteiger partial charge is 0.366 e. The van der Waals surface area contributed by atoms with Gasteiger partial charge >= 0.3 is 6.03 Å². The lowest BCUT2D eigenvalue weighted by atomic mass is 10.2. The van der Waals surface area contributed by atoms with Gasteiger partial charge in [0.2, 0.25) is 0 Å². The normalized spacial score (nSPS) is 15.6. The molecule has 200 valence electrons. The molecule has 4 aromatic rings. The molecule has 1 saturated heterocycles. The first-order chi connectivity index (χ1) is 18.9. The van der Waals surface area contributed by atoms with Crippen molar-refractivity contribution in [3.05, 3.63) is 100 Å². The number of carbonyl (C=O) groups excluding carboxylic acids is 2. The number of benzene rings is 3. The Morgan fingerprint density at radius 2 is 1.79 bits per heavy atom. The van der Waals surface area contributed by atoms with Crippen molar-refractivity contribution in [1.82, 2.24) is 20.2 Å². The van der Waals surface area contributed by atoms with E-state index in [1.807, 2.05) is 66.4 Å². The van der Waals surface area contributed by atoms with Crippen LogP contribution in [0.15, 0.2) is 77.6 Å². The Hall–Kier alpha value is -4.54. The Morgan fingerprint density at radius 1 is 1.03 bits per heavy atom. The highest BCUT2D eigenvalue weighted by molar-refractivity contribution is 5.99. The molecule has 39 heavy (non-hydrogen) atoms. The van der Waals surface area contributed by atoms with E-state index in [4.69, 9.17) is 4.74 Å². The van der Waals surface area contributed by atoms with Crippen LogP contribution in [-0.2, 0) is 22.6 Å². The van der Waals surface area contributed by atoms with Crippen molar-refractivity contribution in [1.29, 1.82) is 0 Å². The topological polar surface area (TPSA) is 128 Å². The summed E-state index contributed by atoms with van der Waals surface area (Å²) >= 11 is 0. The van der Waals surface area contributed by atoms with Crippen molar-refractivity contribution in [3.8, 4) is 0 Å². The third kappa shape index (κ3) is 6.86. The van der Waals surface area contributed by atoms with Gasteiger partial charge in [0, 0.05) is 31.0 Å². The summed E-state index contributed by atoms with van der Waals surface area (Å²) in [6.45, 7) is 4.05. The predicted molar refractivity (Wildman–Crippen MR) is 149 cm³/mol. The van der Waals surface area contributed by atoms with Gasteiger partial charge in [-0.1, -0.05) is 36.4 Å². The quantitative estimate of drug-likeness (QED) is 0.292. The smallest absolute Gasteiger partial charge is 0.323 e. The zero-order valence-electron chi connectivity index (χ0n) is 21.6. The standard InChI is InChI=1S/C29H30N6O4/c1-19-6-4-8-21(14-19)31-29(38)32-22-9-5-7-20(15-22)16-30-28(37)25-17-35(12-13-39-25)18-26-33-24-11-3-2-10-23(24)27(36)34-26/h2-11,14-15,25H,12-13,16-18H2,1H3,(H,30,37)(H2,31,32,38)(H,33,34,36). The zero-order chi connectivity index (χ0) is 27.2. The lowest BCUT2D eigenvalue weighted by molar-refractivity contribution is -0.139. The van der Waals surface area contributed by atoms with Crippen LogP contribution in [0.2, 0.25) is 0 Å². The van der Waals surface area contributed by atoms with Gasteiger partial charge in [0.1, 0.15) is 11.9 Å². The maximum atomic E-state index is 12.9. The monoisotopic (exact) mass is 526 g/mol. The van der Waals surface area contributed by atoms with E-state index in [9.17, 15) is 14.4 Å². The van der Waals surface area contributed by atoms with E-state index in [0.717, 1.165) is 11.1 Å². The van der Waals surface area contributed by atoms with E-state index < -0.39 is 6.10 Å². The second-order valence-corrected chi connectivity index (χ2v) is 9.49. The number of carbonyl (C=O) groups is 2. The molecule has 1 aromatic heterocycles. The first-order valence-electron chi connectivity index (χ1n) is 12.8. The van der Waals surface area contributed by atoms with Gasteiger partial charge in [-0.25, -0.2) is 9.78 Å². The van der Waals surface area contributed by atoms with E-state index in [1.165, 1.54) is 0 Å². The summed E-state index contributed by atoms with van der Waals surface area (Å²) in [5.74, 6) is 0.325. The second-order valence-electron chi connectivity index (χ2n) is 9.49. The number of morpholine rings is 1. The summed E-state index contributed by atoms with van der Waals surface area (Å²) in [4.78, 5) is 47.1. The molecule has 2 heterocycles. The zero-order valence-corrected chi connectivity index (χ0v) is 21.6. The number of anilines is 2. The van der Waals surface area contributed by atoms with Crippen LogP contribution in [0.1, 0.15) is 17.0 Å². The highest BCUT2D eigenvalue weighted by Gasteiger charge is 2.27. The first kappa shape index (κ1) is 26.1. The summed E-state index contributed by atoms with van der Waals surface area (Å²) in [5, 5.41) is 9.10. The third-order valence-electron chi connectivity index (χ3n) is 6.41. The molecule has 3 amide bonds. The maximum absolute atomic E-state index is 12.9. The van der Waals surface area contributed by atoms with Crippen LogP contribution >= 0.6 is 0 Å². The Kier molecular flexibility index (Phi) is 7.95. The van der Waals surface area contributed by atoms with Crippen LogP contribution in [0.3, 0.4) is 0 Å². The van der Waals surface area contributed by atoms with Gasteiger partial charge in [-0.15, -0.1) is 0 Å². The van der Waals surface area contributed by atoms with Gasteiger partial charge in [0.05, 0.1) is 24.1 Å². The van der Waals surface area contributed by atoms with Crippen LogP contribution in [0.4, 0.5) is 16.2 Å². The minimum absolute atomic E-state index is 0.178. The SMILES string of the molecule is Cc1cccc(NC(=O)Nc2cccc(CNC(=O)C3CN(Cc4nc5ccccc5c(=O)[nH]4)CCO3)c2)c1. The number of aromatic nitrogens is 2. The molecule has 1 unspecified atom stereocenters. The van der Waals surface area contributed by atoms with Crippen molar-refractivity contribution >= 4 is 34.2 Å². The summed E-state index contributed by atoms with van der Waals surface area (Å²) in [6.07, 6.45) is -0.646. The van der Waals surface area contributed by atoms with E-state index in [1.54, 1.807) is 18.2 Å². The number of amides is 3. The lowest BCUT2D eigenvalue weighted by Crippen LogP contribution is -2.49. The molecule has 0 saturated carbocycles. The average molecular weight is 527 g/mol. The van der Waals surface area contributed by atoms with Crippen LogP contribution in [0.25, 0.3) is 10.9 Å². The third-order valence-corrected chi connectivity index (χ3v) is 6.41. The minimum atomic E-state index is -0.646. The average Bonchev–Trinajstić information content (AvgIpc) is 2.92. The molecule has 10 nitrogen and oxygen atoms in total. The molecule has 1 atom stereocenters. The Balaban J connectivity index is 1.13. The lowest BCUT2D eigenvalue weighted by Gasteiger charge is -2.31. The number of fused-ring (bicyclic) bond motifs is 1. The molecule has 5 rings (SSSR count). The molecule has 0 aliphatic carbocycles. The molecule has 1 aliphatic rings. The number of urea groups is 1. The van der Waals surface area contributed by atoms with E-state index >= 15 is 0 Å².